The molecule has 0 aliphatic heterocycles. The lowest BCUT2D eigenvalue weighted by molar-refractivity contribution is 0.102. The standard InChI is InChI=1S/C12H8INO3/c13-9-3-1-2-4-10(9)14-12(16)8-5-6-11(15)17-7-8/h1-7H,(H,14,16). The second-order valence-corrected chi connectivity index (χ2v) is 4.44. The number of nitrogens with one attached hydrogen (secondary N) is 1. The summed E-state index contributed by atoms with van der Waals surface area (Å²) in [5.41, 5.74) is 0.560. The van der Waals surface area contributed by atoms with Crippen LogP contribution in [0.25, 0.3) is 0 Å². The number of amides is 1. The first kappa shape index (κ1) is 11.8. The van der Waals surface area contributed by atoms with E-state index in [1.807, 2.05) is 18.2 Å². The topological polar surface area (TPSA) is 59.3 Å². The van der Waals surface area contributed by atoms with Gasteiger partial charge in [0, 0.05) is 9.64 Å². The monoisotopic (exact) mass is 341 g/mol. The fraction of sp³-hybridized carbons (Fsp3) is 0. The Morgan fingerprint density at radius 2 is 1.94 bits per heavy atom. The first-order valence-electron chi connectivity index (χ1n) is 4.81. The van der Waals surface area contributed by atoms with Crippen LogP contribution < -0.4 is 10.9 Å². The van der Waals surface area contributed by atoms with E-state index in [0.717, 1.165) is 15.5 Å². The van der Waals surface area contributed by atoms with Crippen molar-refractivity contribution in [1.82, 2.24) is 0 Å². The van der Waals surface area contributed by atoms with Crippen LogP contribution in [0.4, 0.5) is 5.69 Å². The molecule has 86 valence electrons. The molecule has 4 nitrogen and oxygen atoms in total. The zero-order valence-corrected chi connectivity index (χ0v) is 10.8. The quantitative estimate of drug-likeness (QED) is 0.854. The number of hydrogen-bond acceptors (Lipinski definition) is 3. The van der Waals surface area contributed by atoms with Crippen LogP contribution in [0.2, 0.25) is 0 Å². The van der Waals surface area contributed by atoms with Gasteiger partial charge in [0.25, 0.3) is 5.91 Å². The second kappa shape index (κ2) is 5.13. The highest BCUT2D eigenvalue weighted by molar-refractivity contribution is 14.1. The average molecular weight is 341 g/mol. The van der Waals surface area contributed by atoms with Gasteiger partial charge in [-0.25, -0.2) is 4.79 Å². The number of halogens is 1. The lowest BCUT2D eigenvalue weighted by atomic mass is 10.2. The summed E-state index contributed by atoms with van der Waals surface area (Å²) < 4.78 is 5.57. The lowest BCUT2D eigenvalue weighted by Crippen LogP contribution is -2.13. The van der Waals surface area contributed by atoms with Crippen molar-refractivity contribution in [3.05, 3.63) is 62.2 Å². The summed E-state index contributed by atoms with van der Waals surface area (Å²) >= 11 is 2.13. The molecule has 0 bridgehead atoms. The molecule has 0 aliphatic carbocycles. The molecule has 0 unspecified atom stereocenters. The van der Waals surface area contributed by atoms with Crippen molar-refractivity contribution in [2.45, 2.75) is 0 Å². The van der Waals surface area contributed by atoms with Gasteiger partial charge in [-0.1, -0.05) is 12.1 Å². The highest BCUT2D eigenvalue weighted by Gasteiger charge is 2.08. The minimum atomic E-state index is -0.476. The van der Waals surface area contributed by atoms with Gasteiger partial charge in [0.05, 0.1) is 11.3 Å². The van der Waals surface area contributed by atoms with Gasteiger partial charge in [-0.05, 0) is 40.8 Å². The van der Waals surface area contributed by atoms with E-state index in [-0.39, 0.29) is 5.91 Å². The summed E-state index contributed by atoms with van der Waals surface area (Å²) in [6.07, 6.45) is 1.15. The highest BCUT2D eigenvalue weighted by atomic mass is 127. The number of carbonyl (C=O) groups is 1. The van der Waals surface area contributed by atoms with Crippen molar-refractivity contribution in [3.63, 3.8) is 0 Å². The van der Waals surface area contributed by atoms with E-state index in [9.17, 15) is 9.59 Å². The minimum absolute atomic E-state index is 0.308. The maximum Gasteiger partial charge on any atom is 0.335 e. The maximum atomic E-state index is 11.8. The van der Waals surface area contributed by atoms with Crippen molar-refractivity contribution >= 4 is 34.2 Å². The van der Waals surface area contributed by atoms with E-state index >= 15 is 0 Å². The molecule has 0 atom stereocenters. The van der Waals surface area contributed by atoms with Gasteiger partial charge in [0.2, 0.25) is 0 Å². The third-order valence-corrected chi connectivity index (χ3v) is 3.03. The molecular formula is C12H8INO3. The molecule has 2 rings (SSSR count). The number of carbonyl (C=O) groups excluding carboxylic acids is 1. The van der Waals surface area contributed by atoms with Gasteiger partial charge in [0.15, 0.2) is 0 Å². The molecule has 1 heterocycles. The molecule has 1 amide bonds. The predicted molar refractivity (Wildman–Crippen MR) is 72.1 cm³/mol. The van der Waals surface area contributed by atoms with Gasteiger partial charge in [-0.15, -0.1) is 0 Å². The van der Waals surface area contributed by atoms with Crippen LogP contribution in [0.3, 0.4) is 0 Å². The minimum Gasteiger partial charge on any atom is -0.430 e. The summed E-state index contributed by atoms with van der Waals surface area (Å²) in [7, 11) is 0. The van der Waals surface area contributed by atoms with Crippen LogP contribution >= 0.6 is 22.6 Å². The van der Waals surface area contributed by atoms with Crippen molar-refractivity contribution < 1.29 is 9.21 Å². The van der Waals surface area contributed by atoms with Crippen LogP contribution in [0.5, 0.6) is 0 Å². The number of anilines is 1. The van der Waals surface area contributed by atoms with Gasteiger partial charge >= 0.3 is 5.63 Å². The normalized spacial score (nSPS) is 9.94. The molecule has 1 aromatic carbocycles. The molecule has 1 aromatic heterocycles. The first-order chi connectivity index (χ1) is 8.16. The molecule has 0 saturated carbocycles. The number of para-hydroxylation sites is 1. The Morgan fingerprint density at radius 3 is 2.59 bits per heavy atom. The largest absolute Gasteiger partial charge is 0.430 e. The van der Waals surface area contributed by atoms with Crippen LogP contribution in [-0.2, 0) is 0 Å². The Balaban J connectivity index is 2.20. The SMILES string of the molecule is O=C(Nc1ccccc1I)c1ccc(=O)oc1. The van der Waals surface area contributed by atoms with Gasteiger partial charge in [-0.2, -0.15) is 0 Å². The zero-order valence-electron chi connectivity index (χ0n) is 8.64. The molecule has 0 saturated heterocycles. The van der Waals surface area contributed by atoms with E-state index < -0.39 is 5.63 Å². The molecule has 17 heavy (non-hydrogen) atoms. The smallest absolute Gasteiger partial charge is 0.335 e. The van der Waals surface area contributed by atoms with E-state index in [4.69, 9.17) is 0 Å². The summed E-state index contributed by atoms with van der Waals surface area (Å²) in [5, 5.41) is 2.74. The summed E-state index contributed by atoms with van der Waals surface area (Å²) in [5.74, 6) is -0.308. The van der Waals surface area contributed by atoms with E-state index in [2.05, 4.69) is 32.3 Å². The Hall–Kier alpha value is -1.63. The maximum absolute atomic E-state index is 11.8. The fourth-order valence-corrected chi connectivity index (χ4v) is 1.77. The molecule has 0 aliphatic rings. The Labute approximate surface area is 111 Å². The third kappa shape index (κ3) is 2.94. The van der Waals surface area contributed by atoms with Crippen molar-refractivity contribution in [2.75, 3.05) is 5.32 Å². The number of hydrogen-bond donors (Lipinski definition) is 1. The molecule has 0 fully saturated rings. The molecule has 0 spiro atoms. The van der Waals surface area contributed by atoms with Crippen LogP contribution in [0.15, 0.2) is 51.9 Å². The van der Waals surface area contributed by atoms with E-state index in [1.165, 1.54) is 12.1 Å². The van der Waals surface area contributed by atoms with Crippen LogP contribution in [0.1, 0.15) is 10.4 Å². The van der Waals surface area contributed by atoms with Crippen LogP contribution in [-0.4, -0.2) is 5.91 Å². The van der Waals surface area contributed by atoms with Crippen molar-refractivity contribution in [3.8, 4) is 0 Å². The van der Waals surface area contributed by atoms with E-state index in [0.29, 0.717) is 5.56 Å². The number of benzene rings is 1. The Morgan fingerprint density at radius 1 is 1.18 bits per heavy atom. The Kier molecular flexibility index (Phi) is 3.58. The van der Waals surface area contributed by atoms with Crippen molar-refractivity contribution in [2.24, 2.45) is 0 Å². The molecule has 0 radical (unpaired) electrons. The lowest BCUT2D eigenvalue weighted by Gasteiger charge is -2.06. The van der Waals surface area contributed by atoms with Gasteiger partial charge in [-0.3, -0.25) is 4.79 Å². The fourth-order valence-electron chi connectivity index (χ4n) is 1.24. The molecule has 5 heteroatoms. The van der Waals surface area contributed by atoms with Gasteiger partial charge in [0.1, 0.15) is 6.26 Å². The zero-order chi connectivity index (χ0) is 12.3. The summed E-state index contributed by atoms with van der Waals surface area (Å²) in [6.45, 7) is 0. The Bertz CT molecular complexity index is 586. The van der Waals surface area contributed by atoms with Gasteiger partial charge < -0.3 is 9.73 Å². The van der Waals surface area contributed by atoms with E-state index in [1.54, 1.807) is 6.07 Å². The summed E-state index contributed by atoms with van der Waals surface area (Å²) in [6, 6.07) is 10.1. The highest BCUT2D eigenvalue weighted by Crippen LogP contribution is 2.17. The molecule has 2 aromatic rings. The van der Waals surface area contributed by atoms with Crippen LogP contribution in [0, 0.1) is 3.57 Å². The summed E-state index contributed by atoms with van der Waals surface area (Å²) in [4.78, 5) is 22.6. The molecular weight excluding hydrogens is 333 g/mol. The first-order valence-corrected chi connectivity index (χ1v) is 5.89. The predicted octanol–water partition coefficient (Wildman–Crippen LogP) is 2.50. The second-order valence-electron chi connectivity index (χ2n) is 3.28. The third-order valence-electron chi connectivity index (χ3n) is 2.09. The van der Waals surface area contributed by atoms with Crippen molar-refractivity contribution in [1.29, 1.82) is 0 Å². The average Bonchev–Trinajstić information content (AvgIpc) is 2.33. The number of rotatable bonds is 2. The molecule has 1 N–H and O–H groups in total.